The molecule has 0 aliphatic carbocycles. The Bertz CT molecular complexity index is 573. The van der Waals surface area contributed by atoms with E-state index in [0.29, 0.717) is 18.9 Å². The molecule has 3 unspecified atom stereocenters. The molecular weight excluding hydrogens is 322 g/mol. The summed E-state index contributed by atoms with van der Waals surface area (Å²) in [5.41, 5.74) is 2.25. The summed E-state index contributed by atoms with van der Waals surface area (Å²) < 4.78 is 0. The van der Waals surface area contributed by atoms with E-state index >= 15 is 0 Å². The van der Waals surface area contributed by atoms with Crippen LogP contribution in [0.25, 0.3) is 0 Å². The van der Waals surface area contributed by atoms with Crippen LogP contribution in [0.2, 0.25) is 0 Å². The second-order valence-corrected chi connectivity index (χ2v) is 7.42. The predicted octanol–water partition coefficient (Wildman–Crippen LogP) is 4.99. The Hall–Kier alpha value is -1.71. The molecule has 1 aromatic carbocycles. The average molecular weight is 358 g/mol. The van der Waals surface area contributed by atoms with Crippen LogP contribution in [0.1, 0.15) is 65.0 Å². The highest BCUT2D eigenvalue weighted by atomic mass is 16.3. The van der Waals surface area contributed by atoms with E-state index in [1.807, 2.05) is 43.3 Å². The van der Waals surface area contributed by atoms with Crippen molar-refractivity contribution in [1.82, 2.24) is 5.32 Å². The van der Waals surface area contributed by atoms with Gasteiger partial charge >= 0.3 is 0 Å². The van der Waals surface area contributed by atoms with Crippen molar-refractivity contribution in [3.05, 3.63) is 59.7 Å². The van der Waals surface area contributed by atoms with Gasteiger partial charge in [0.25, 0.3) is 0 Å². The maximum atomic E-state index is 12.0. The SMILES string of the molecule is CC(C)=CCCC(C)C/C=C/C(=O)CCNC(C)C(O)c1ccccc1. The predicted molar refractivity (Wildman–Crippen MR) is 110 cm³/mol. The Morgan fingerprint density at radius 1 is 1.19 bits per heavy atom. The fraction of sp³-hybridized carbons (Fsp3) is 0.522. The van der Waals surface area contributed by atoms with Gasteiger partial charge in [0.1, 0.15) is 0 Å². The summed E-state index contributed by atoms with van der Waals surface area (Å²) in [6.45, 7) is 8.98. The van der Waals surface area contributed by atoms with E-state index in [1.54, 1.807) is 6.08 Å². The highest BCUT2D eigenvalue weighted by Gasteiger charge is 2.15. The molecule has 0 bridgehead atoms. The lowest BCUT2D eigenvalue weighted by atomic mass is 10.0. The molecule has 3 atom stereocenters. The maximum Gasteiger partial charge on any atom is 0.156 e. The van der Waals surface area contributed by atoms with Gasteiger partial charge in [0.05, 0.1) is 6.10 Å². The van der Waals surface area contributed by atoms with Crippen LogP contribution in [-0.2, 0) is 4.79 Å². The molecule has 0 saturated carbocycles. The smallest absolute Gasteiger partial charge is 0.156 e. The van der Waals surface area contributed by atoms with Gasteiger partial charge in [0.15, 0.2) is 5.78 Å². The Labute approximate surface area is 159 Å². The topological polar surface area (TPSA) is 49.3 Å². The quantitative estimate of drug-likeness (QED) is 0.409. The third kappa shape index (κ3) is 9.69. The Kier molecular flexibility index (Phi) is 10.8. The van der Waals surface area contributed by atoms with Crippen LogP contribution >= 0.6 is 0 Å². The van der Waals surface area contributed by atoms with Gasteiger partial charge in [-0.2, -0.15) is 0 Å². The number of aliphatic hydroxyl groups is 1. The number of rotatable bonds is 12. The zero-order chi connectivity index (χ0) is 19.4. The van der Waals surface area contributed by atoms with Crippen LogP contribution in [-0.4, -0.2) is 23.5 Å². The normalized spacial score (nSPS) is 14.8. The number of carbonyl (C=O) groups excluding carboxylic acids is 1. The summed E-state index contributed by atoms with van der Waals surface area (Å²) in [4.78, 5) is 12.0. The molecule has 0 aliphatic heterocycles. The number of allylic oxidation sites excluding steroid dienone is 4. The van der Waals surface area contributed by atoms with Crippen LogP contribution in [0.4, 0.5) is 0 Å². The highest BCUT2D eigenvalue weighted by molar-refractivity contribution is 5.89. The number of carbonyl (C=O) groups is 1. The molecule has 3 nitrogen and oxygen atoms in total. The highest BCUT2D eigenvalue weighted by Crippen LogP contribution is 2.16. The molecule has 0 radical (unpaired) electrons. The van der Waals surface area contributed by atoms with Crippen LogP contribution < -0.4 is 5.32 Å². The Morgan fingerprint density at radius 3 is 2.54 bits per heavy atom. The van der Waals surface area contributed by atoms with Gasteiger partial charge < -0.3 is 10.4 Å². The van der Waals surface area contributed by atoms with E-state index < -0.39 is 6.10 Å². The van der Waals surface area contributed by atoms with E-state index in [-0.39, 0.29) is 11.8 Å². The first-order valence-electron chi connectivity index (χ1n) is 9.69. The maximum absolute atomic E-state index is 12.0. The van der Waals surface area contributed by atoms with E-state index in [1.165, 1.54) is 5.57 Å². The van der Waals surface area contributed by atoms with Crippen LogP contribution in [0.5, 0.6) is 0 Å². The van der Waals surface area contributed by atoms with Crippen LogP contribution in [0.3, 0.4) is 0 Å². The van der Waals surface area contributed by atoms with Crippen molar-refractivity contribution in [3.8, 4) is 0 Å². The number of ketones is 1. The van der Waals surface area contributed by atoms with E-state index in [9.17, 15) is 9.90 Å². The lowest BCUT2D eigenvalue weighted by Crippen LogP contribution is -2.33. The second kappa shape index (κ2) is 12.6. The molecule has 26 heavy (non-hydrogen) atoms. The first-order valence-corrected chi connectivity index (χ1v) is 9.69. The second-order valence-electron chi connectivity index (χ2n) is 7.42. The Balaban J connectivity index is 2.22. The van der Waals surface area contributed by atoms with Gasteiger partial charge in [-0.1, -0.05) is 55.0 Å². The zero-order valence-electron chi connectivity index (χ0n) is 16.7. The molecule has 0 aliphatic rings. The molecule has 0 fully saturated rings. The van der Waals surface area contributed by atoms with Crippen LogP contribution in [0.15, 0.2) is 54.1 Å². The molecule has 0 spiro atoms. The molecule has 0 aromatic heterocycles. The van der Waals surface area contributed by atoms with Crippen molar-refractivity contribution in [2.75, 3.05) is 6.54 Å². The third-order valence-electron chi connectivity index (χ3n) is 4.51. The van der Waals surface area contributed by atoms with Crippen molar-refractivity contribution < 1.29 is 9.90 Å². The fourth-order valence-corrected chi connectivity index (χ4v) is 2.76. The molecule has 0 heterocycles. The zero-order valence-corrected chi connectivity index (χ0v) is 16.7. The number of nitrogens with one attached hydrogen (secondary N) is 1. The first kappa shape index (κ1) is 22.3. The summed E-state index contributed by atoms with van der Waals surface area (Å²) in [5.74, 6) is 0.726. The minimum Gasteiger partial charge on any atom is -0.387 e. The number of hydrogen-bond acceptors (Lipinski definition) is 3. The summed E-state index contributed by atoms with van der Waals surface area (Å²) in [7, 11) is 0. The van der Waals surface area contributed by atoms with Gasteiger partial charge in [-0.05, 0) is 57.6 Å². The molecule has 0 amide bonds. The largest absolute Gasteiger partial charge is 0.387 e. The molecule has 3 heteroatoms. The molecule has 2 N–H and O–H groups in total. The van der Waals surface area contributed by atoms with Crippen molar-refractivity contribution in [2.45, 2.75) is 65.5 Å². The summed E-state index contributed by atoms with van der Waals surface area (Å²) >= 11 is 0. The van der Waals surface area contributed by atoms with Gasteiger partial charge in [-0.25, -0.2) is 0 Å². The third-order valence-corrected chi connectivity index (χ3v) is 4.51. The number of aliphatic hydroxyl groups excluding tert-OH is 1. The summed E-state index contributed by atoms with van der Waals surface area (Å²) in [6.07, 6.45) is 9.06. The van der Waals surface area contributed by atoms with Crippen LogP contribution in [0, 0.1) is 5.92 Å². The van der Waals surface area contributed by atoms with Crippen molar-refractivity contribution in [2.24, 2.45) is 5.92 Å². The van der Waals surface area contributed by atoms with Crippen molar-refractivity contribution in [3.63, 3.8) is 0 Å². The van der Waals surface area contributed by atoms with E-state index in [4.69, 9.17) is 0 Å². The lowest BCUT2D eigenvalue weighted by molar-refractivity contribution is -0.114. The number of benzene rings is 1. The fourth-order valence-electron chi connectivity index (χ4n) is 2.76. The minimum absolute atomic E-state index is 0.0933. The Morgan fingerprint density at radius 2 is 1.88 bits per heavy atom. The average Bonchev–Trinajstić information content (AvgIpc) is 2.61. The first-order chi connectivity index (χ1) is 12.4. The molecular formula is C23H35NO2. The van der Waals surface area contributed by atoms with E-state index in [2.05, 4.69) is 32.2 Å². The molecule has 1 rings (SSSR count). The van der Waals surface area contributed by atoms with Crippen molar-refractivity contribution >= 4 is 5.78 Å². The lowest BCUT2D eigenvalue weighted by Gasteiger charge is -2.20. The van der Waals surface area contributed by atoms with Gasteiger partial charge in [-0.3, -0.25) is 4.79 Å². The summed E-state index contributed by atoms with van der Waals surface area (Å²) in [5, 5.41) is 13.5. The summed E-state index contributed by atoms with van der Waals surface area (Å²) in [6, 6.07) is 9.50. The van der Waals surface area contributed by atoms with Crippen molar-refractivity contribution in [1.29, 1.82) is 0 Å². The minimum atomic E-state index is -0.566. The monoisotopic (exact) mass is 357 g/mol. The van der Waals surface area contributed by atoms with Gasteiger partial charge in [0.2, 0.25) is 0 Å². The van der Waals surface area contributed by atoms with Gasteiger partial charge in [0, 0.05) is 19.0 Å². The van der Waals surface area contributed by atoms with E-state index in [0.717, 1.165) is 24.8 Å². The molecule has 144 valence electrons. The standard InChI is InChI=1S/C23H35NO2/c1-18(2)10-8-11-19(3)12-9-15-22(25)16-17-24-20(4)23(26)21-13-6-5-7-14-21/h5-7,9-10,13-15,19-20,23-24,26H,8,11-12,16-17H2,1-4H3/b15-9+. The molecule has 0 saturated heterocycles. The number of hydrogen-bond donors (Lipinski definition) is 2. The van der Waals surface area contributed by atoms with Gasteiger partial charge in [-0.15, -0.1) is 0 Å². The molecule has 1 aromatic rings.